The van der Waals surface area contributed by atoms with Gasteiger partial charge in [0.2, 0.25) is 0 Å². The molecule has 102 valence electrons. The number of ether oxygens (including phenoxy) is 1. The van der Waals surface area contributed by atoms with E-state index < -0.39 is 0 Å². The summed E-state index contributed by atoms with van der Waals surface area (Å²) in [5, 5.41) is 9.52. The molecule has 0 bridgehead atoms. The van der Waals surface area contributed by atoms with E-state index in [4.69, 9.17) is 4.74 Å². The van der Waals surface area contributed by atoms with Crippen molar-refractivity contribution in [2.75, 3.05) is 6.61 Å². The predicted octanol–water partition coefficient (Wildman–Crippen LogP) is 3.24. The molecule has 0 aliphatic rings. The van der Waals surface area contributed by atoms with Crippen molar-refractivity contribution in [3.63, 3.8) is 0 Å². The van der Waals surface area contributed by atoms with Crippen LogP contribution in [-0.4, -0.2) is 16.3 Å². The fourth-order valence-electron chi connectivity index (χ4n) is 1.94. The molecule has 0 saturated heterocycles. The Kier molecular flexibility index (Phi) is 6.89. The summed E-state index contributed by atoms with van der Waals surface area (Å²) in [4.78, 5) is 0. The van der Waals surface area contributed by atoms with Crippen molar-refractivity contribution in [2.45, 2.75) is 40.0 Å². The molecule has 19 heavy (non-hydrogen) atoms. The molecule has 0 heterocycles. The Morgan fingerprint density at radius 3 is 2.47 bits per heavy atom. The number of aryl methyl sites for hydroxylation is 2. The molecule has 0 radical (unpaired) electrons. The van der Waals surface area contributed by atoms with E-state index in [9.17, 15) is 5.11 Å². The third kappa shape index (κ3) is 5.21. The van der Waals surface area contributed by atoms with Gasteiger partial charge in [-0.3, -0.25) is 0 Å². The van der Waals surface area contributed by atoms with E-state index in [1.54, 1.807) is 12.1 Å². The van der Waals surface area contributed by atoms with Crippen LogP contribution in [0, 0.1) is 25.7 Å². The molecular weight excluding hydrogens is 276 g/mol. The van der Waals surface area contributed by atoms with Crippen LogP contribution in [0.2, 0.25) is 0 Å². The fraction of sp³-hybridized carbons (Fsp3) is 0.438. The first-order chi connectivity index (χ1) is 9.06. The maximum absolute atomic E-state index is 9.52. The number of hydrogen-bond acceptors (Lipinski definition) is 2. The van der Waals surface area contributed by atoms with Gasteiger partial charge in [0.05, 0.1) is 0 Å². The Hall–Kier alpha value is -1.06. The third-order valence-corrected chi connectivity index (χ3v) is 3.33. The molecule has 0 unspecified atom stereocenters. The van der Waals surface area contributed by atoms with Gasteiger partial charge in [-0.1, -0.05) is 0 Å². The van der Waals surface area contributed by atoms with E-state index in [-0.39, 0.29) is 0 Å². The zero-order chi connectivity index (χ0) is 14.3. The van der Waals surface area contributed by atoms with E-state index >= 15 is 0 Å². The first-order valence-electron chi connectivity index (χ1n) is 6.43. The normalized spacial score (nSPS) is 9.84. The van der Waals surface area contributed by atoms with Crippen molar-refractivity contribution in [3.05, 3.63) is 28.8 Å². The van der Waals surface area contributed by atoms with Crippen LogP contribution in [0.3, 0.4) is 0 Å². The van der Waals surface area contributed by atoms with Crippen LogP contribution in [0.25, 0.3) is 0 Å². The van der Waals surface area contributed by atoms with Crippen molar-refractivity contribution >= 4 is 4.57 Å². The van der Waals surface area contributed by atoms with E-state index in [0.717, 1.165) is 40.5 Å². The Labute approximate surface area is 123 Å². The van der Waals surface area contributed by atoms with Crippen molar-refractivity contribution in [1.82, 2.24) is 0 Å². The summed E-state index contributed by atoms with van der Waals surface area (Å²) in [7, 11) is 0. The zero-order valence-electron chi connectivity index (χ0n) is 11.7. The molecule has 1 N–H and O–H groups in total. The molecular formula is C16H20CrO2. The van der Waals surface area contributed by atoms with E-state index in [0.29, 0.717) is 12.4 Å². The Morgan fingerprint density at radius 2 is 1.89 bits per heavy atom. The molecule has 1 aromatic rings. The zero-order valence-corrected chi connectivity index (χ0v) is 13.0. The van der Waals surface area contributed by atoms with Crippen molar-refractivity contribution in [1.29, 1.82) is 0 Å². The van der Waals surface area contributed by atoms with Gasteiger partial charge in [0, 0.05) is 0 Å². The summed E-state index contributed by atoms with van der Waals surface area (Å²) >= 11 is 2.98. The molecule has 2 nitrogen and oxygen atoms in total. The Bertz CT molecular complexity index is 486. The minimum absolute atomic E-state index is 0.296. The van der Waals surface area contributed by atoms with Crippen LogP contribution in [-0.2, 0) is 20.6 Å². The van der Waals surface area contributed by atoms with Gasteiger partial charge in [0.25, 0.3) is 0 Å². The number of aromatic hydroxyl groups is 1. The first-order valence-corrected chi connectivity index (χ1v) is 7.07. The van der Waals surface area contributed by atoms with Gasteiger partial charge in [0.1, 0.15) is 0 Å². The van der Waals surface area contributed by atoms with Crippen molar-refractivity contribution in [3.8, 4) is 17.6 Å². The average molecular weight is 296 g/mol. The molecule has 0 amide bonds. The number of benzene rings is 1. The van der Waals surface area contributed by atoms with E-state index in [1.165, 1.54) is 0 Å². The molecule has 1 aromatic carbocycles. The van der Waals surface area contributed by atoms with Crippen molar-refractivity contribution in [2.24, 2.45) is 0 Å². The summed E-state index contributed by atoms with van der Waals surface area (Å²) in [6.45, 7) is 6.49. The van der Waals surface area contributed by atoms with Crippen LogP contribution in [0.15, 0.2) is 12.1 Å². The topological polar surface area (TPSA) is 29.5 Å². The number of phenols is 1. The number of rotatable bonds is 6. The van der Waals surface area contributed by atoms with Gasteiger partial charge in [-0.2, -0.15) is 0 Å². The second-order valence-electron chi connectivity index (χ2n) is 4.47. The van der Waals surface area contributed by atoms with Crippen LogP contribution in [0.1, 0.15) is 42.9 Å². The first kappa shape index (κ1) is 16.0. The standard InChI is InChI=1S/C16H20O2.Cr/c1-4-5-6-7-8-9-18-12-16-13(2)10-15(17)11-14(16)3;/h10-11,17H,6-9H2,1-3H3;. The van der Waals surface area contributed by atoms with Crippen LogP contribution >= 0.6 is 0 Å². The second kappa shape index (κ2) is 8.18. The van der Waals surface area contributed by atoms with E-state index in [1.807, 2.05) is 20.8 Å². The Balaban J connectivity index is 2.52. The molecule has 0 atom stereocenters. The number of unbranched alkanes of at least 4 members (excludes halogenated alkanes) is 2. The van der Waals surface area contributed by atoms with Gasteiger partial charge in [0.15, 0.2) is 0 Å². The maximum atomic E-state index is 9.52. The molecule has 0 aromatic heterocycles. The summed E-state index contributed by atoms with van der Waals surface area (Å²) in [6.07, 6.45) is 2.98. The predicted molar refractivity (Wildman–Crippen MR) is 74.9 cm³/mol. The van der Waals surface area contributed by atoms with Gasteiger partial charge in [-0.25, -0.2) is 0 Å². The molecule has 0 aliphatic heterocycles. The van der Waals surface area contributed by atoms with Gasteiger partial charge in [-0.05, 0) is 0 Å². The average Bonchev–Trinajstić information content (AvgIpc) is 2.32. The SMILES string of the molecule is CC#CCCCCO[C](=[Cr])c1c(C)cc(O)cc1C. The summed E-state index contributed by atoms with van der Waals surface area (Å²) in [6, 6.07) is 3.50. The molecule has 0 spiro atoms. The number of hydrogen-bond donors (Lipinski definition) is 1. The van der Waals surface area contributed by atoms with Gasteiger partial charge < -0.3 is 0 Å². The molecule has 0 fully saturated rings. The Morgan fingerprint density at radius 1 is 1.26 bits per heavy atom. The van der Waals surface area contributed by atoms with Gasteiger partial charge in [-0.15, -0.1) is 0 Å². The third-order valence-electron chi connectivity index (χ3n) is 2.83. The minimum atomic E-state index is 0.296. The van der Waals surface area contributed by atoms with Crippen LogP contribution in [0.5, 0.6) is 5.75 Å². The molecule has 3 heteroatoms. The molecule has 1 rings (SSSR count). The monoisotopic (exact) mass is 296 g/mol. The van der Waals surface area contributed by atoms with E-state index in [2.05, 4.69) is 27.7 Å². The van der Waals surface area contributed by atoms with Crippen molar-refractivity contribution < 1.29 is 25.7 Å². The molecule has 0 aliphatic carbocycles. The quantitative estimate of drug-likeness (QED) is 0.645. The fourth-order valence-corrected chi connectivity index (χ4v) is 2.57. The summed E-state index contributed by atoms with van der Waals surface area (Å²) in [5.74, 6) is 6.23. The van der Waals surface area contributed by atoms with Gasteiger partial charge >= 0.3 is 123 Å². The summed E-state index contributed by atoms with van der Waals surface area (Å²) < 4.78 is 6.54. The number of phenolic OH excluding ortho intramolecular Hbond substituents is 1. The van der Waals surface area contributed by atoms with Crippen LogP contribution < -0.4 is 0 Å². The van der Waals surface area contributed by atoms with Crippen LogP contribution in [0.4, 0.5) is 0 Å². The molecule has 0 saturated carbocycles. The second-order valence-corrected chi connectivity index (χ2v) is 5.05. The summed E-state index contributed by atoms with van der Waals surface area (Å²) in [5.41, 5.74) is 3.08.